The molecule has 1 saturated carbocycles. The molecule has 1 amide bonds. The van der Waals surface area contributed by atoms with E-state index in [9.17, 15) is 15.0 Å². The SMILES string of the molecule is O=C(NC(c1ccc(Cl)cc1)C1CC1)C(O)C(O)c1nc2ccccc2s1. The van der Waals surface area contributed by atoms with Gasteiger partial charge in [-0.15, -0.1) is 11.3 Å². The van der Waals surface area contributed by atoms with Crippen LogP contribution in [0.2, 0.25) is 5.02 Å². The van der Waals surface area contributed by atoms with E-state index in [0.717, 1.165) is 28.6 Å². The summed E-state index contributed by atoms with van der Waals surface area (Å²) in [5.41, 5.74) is 1.68. The van der Waals surface area contributed by atoms with Gasteiger partial charge < -0.3 is 15.5 Å². The van der Waals surface area contributed by atoms with E-state index in [1.807, 2.05) is 36.4 Å². The lowest BCUT2D eigenvalue weighted by Crippen LogP contribution is -2.41. The molecule has 0 radical (unpaired) electrons. The summed E-state index contributed by atoms with van der Waals surface area (Å²) in [6.45, 7) is 0. The van der Waals surface area contributed by atoms with Gasteiger partial charge in [-0.25, -0.2) is 4.98 Å². The number of fused-ring (bicyclic) bond motifs is 1. The minimum Gasteiger partial charge on any atom is -0.383 e. The van der Waals surface area contributed by atoms with Gasteiger partial charge in [0.25, 0.3) is 5.91 Å². The van der Waals surface area contributed by atoms with Crippen LogP contribution in [-0.4, -0.2) is 27.2 Å². The average Bonchev–Trinajstić information content (AvgIpc) is 3.43. The first-order valence-electron chi connectivity index (χ1n) is 8.80. The van der Waals surface area contributed by atoms with E-state index in [0.29, 0.717) is 15.9 Å². The van der Waals surface area contributed by atoms with E-state index < -0.39 is 18.1 Å². The van der Waals surface area contributed by atoms with Crippen molar-refractivity contribution in [1.29, 1.82) is 0 Å². The van der Waals surface area contributed by atoms with Gasteiger partial charge in [-0.2, -0.15) is 0 Å². The molecule has 27 heavy (non-hydrogen) atoms. The molecule has 3 N–H and O–H groups in total. The maximum absolute atomic E-state index is 12.6. The van der Waals surface area contributed by atoms with Crippen molar-refractivity contribution in [2.75, 3.05) is 0 Å². The van der Waals surface area contributed by atoms with Crippen LogP contribution in [0.1, 0.15) is 35.6 Å². The van der Waals surface area contributed by atoms with E-state index in [-0.39, 0.29) is 6.04 Å². The van der Waals surface area contributed by atoms with Gasteiger partial charge in [-0.05, 0) is 48.6 Å². The van der Waals surface area contributed by atoms with Crippen molar-refractivity contribution < 1.29 is 15.0 Å². The molecular weight excluding hydrogens is 384 g/mol. The van der Waals surface area contributed by atoms with Gasteiger partial charge in [0.15, 0.2) is 6.10 Å². The van der Waals surface area contributed by atoms with Crippen molar-refractivity contribution in [1.82, 2.24) is 10.3 Å². The molecule has 3 atom stereocenters. The van der Waals surface area contributed by atoms with Crippen LogP contribution in [0.15, 0.2) is 48.5 Å². The molecule has 7 heteroatoms. The fourth-order valence-corrected chi connectivity index (χ4v) is 4.22. The second-order valence-corrected chi connectivity index (χ2v) is 8.28. The smallest absolute Gasteiger partial charge is 0.252 e. The van der Waals surface area contributed by atoms with Crippen LogP contribution in [0.25, 0.3) is 10.2 Å². The number of halogens is 1. The van der Waals surface area contributed by atoms with E-state index in [2.05, 4.69) is 10.3 Å². The second kappa shape index (κ2) is 7.56. The molecule has 1 aliphatic rings. The van der Waals surface area contributed by atoms with Crippen molar-refractivity contribution in [2.24, 2.45) is 5.92 Å². The monoisotopic (exact) mass is 402 g/mol. The van der Waals surface area contributed by atoms with Crippen molar-refractivity contribution in [3.63, 3.8) is 0 Å². The van der Waals surface area contributed by atoms with Crippen LogP contribution in [0.5, 0.6) is 0 Å². The predicted molar refractivity (Wildman–Crippen MR) is 106 cm³/mol. The Hall–Kier alpha value is -1.99. The number of aromatic nitrogens is 1. The minimum absolute atomic E-state index is 0.202. The van der Waals surface area contributed by atoms with Gasteiger partial charge in [0, 0.05) is 5.02 Å². The molecule has 4 rings (SSSR count). The maximum Gasteiger partial charge on any atom is 0.252 e. The quantitative estimate of drug-likeness (QED) is 0.588. The molecule has 0 spiro atoms. The molecule has 3 aromatic rings. The van der Waals surface area contributed by atoms with Gasteiger partial charge in [0.2, 0.25) is 0 Å². The molecule has 0 aliphatic heterocycles. The standard InChI is InChI=1S/C20H19ClN2O3S/c21-13-9-7-12(8-10-13)16(11-5-6-11)23-19(26)17(24)18(25)20-22-14-3-1-2-4-15(14)27-20/h1-4,7-11,16-18,24-25H,5-6H2,(H,23,26). The molecule has 0 saturated heterocycles. The lowest BCUT2D eigenvalue weighted by Gasteiger charge is -2.22. The highest BCUT2D eigenvalue weighted by Gasteiger charge is 2.36. The van der Waals surface area contributed by atoms with Crippen molar-refractivity contribution >= 4 is 39.1 Å². The number of hydrogen-bond donors (Lipinski definition) is 3. The van der Waals surface area contributed by atoms with E-state index in [4.69, 9.17) is 11.6 Å². The van der Waals surface area contributed by atoms with Crippen LogP contribution < -0.4 is 5.32 Å². The van der Waals surface area contributed by atoms with E-state index in [1.54, 1.807) is 12.1 Å². The number of benzene rings is 2. The summed E-state index contributed by atoms with van der Waals surface area (Å²) in [7, 11) is 0. The summed E-state index contributed by atoms with van der Waals surface area (Å²) in [6.07, 6.45) is -0.916. The van der Waals surface area contributed by atoms with Gasteiger partial charge in [-0.1, -0.05) is 35.9 Å². The lowest BCUT2D eigenvalue weighted by atomic mass is 10.0. The summed E-state index contributed by atoms with van der Waals surface area (Å²) in [5, 5.41) is 24.7. The molecule has 1 aliphatic carbocycles. The van der Waals surface area contributed by atoms with Gasteiger partial charge in [0.1, 0.15) is 11.1 Å². The fourth-order valence-electron chi connectivity index (χ4n) is 3.11. The van der Waals surface area contributed by atoms with Crippen LogP contribution in [0.4, 0.5) is 0 Å². The zero-order valence-corrected chi connectivity index (χ0v) is 16.0. The Bertz CT molecular complexity index is 922. The number of amides is 1. The summed E-state index contributed by atoms with van der Waals surface area (Å²) in [5.74, 6) is -0.268. The van der Waals surface area contributed by atoms with E-state index in [1.165, 1.54) is 11.3 Å². The van der Waals surface area contributed by atoms with Crippen molar-refractivity contribution in [3.05, 3.63) is 64.1 Å². The van der Waals surface area contributed by atoms with Crippen LogP contribution in [0.3, 0.4) is 0 Å². The molecule has 5 nitrogen and oxygen atoms in total. The number of nitrogens with zero attached hydrogens (tertiary/aromatic N) is 1. The molecular formula is C20H19ClN2O3S. The Morgan fingerprint density at radius 3 is 2.52 bits per heavy atom. The fraction of sp³-hybridized carbons (Fsp3) is 0.300. The summed E-state index contributed by atoms with van der Waals surface area (Å²) < 4.78 is 0.899. The first-order chi connectivity index (χ1) is 13.0. The molecule has 3 unspecified atom stereocenters. The van der Waals surface area contributed by atoms with Gasteiger partial charge >= 0.3 is 0 Å². The highest BCUT2D eigenvalue weighted by Crippen LogP contribution is 2.41. The number of para-hydroxylation sites is 1. The summed E-state index contributed by atoms with van der Waals surface area (Å²) in [4.78, 5) is 16.9. The second-order valence-electron chi connectivity index (χ2n) is 6.78. The Labute approximate surface area is 165 Å². The Morgan fingerprint density at radius 2 is 1.85 bits per heavy atom. The zero-order chi connectivity index (χ0) is 19.0. The third kappa shape index (κ3) is 3.99. The first kappa shape index (κ1) is 18.4. The average molecular weight is 403 g/mol. The van der Waals surface area contributed by atoms with Crippen LogP contribution in [-0.2, 0) is 4.79 Å². The third-order valence-corrected chi connectivity index (χ3v) is 6.11. The first-order valence-corrected chi connectivity index (χ1v) is 10.00. The molecule has 1 aromatic heterocycles. The number of nitrogens with one attached hydrogen (secondary N) is 1. The molecule has 1 heterocycles. The number of carbonyl (C=O) groups excluding carboxylic acids is 1. The molecule has 0 bridgehead atoms. The number of thiazole rings is 1. The van der Waals surface area contributed by atoms with Gasteiger partial charge in [-0.3, -0.25) is 4.79 Å². The van der Waals surface area contributed by atoms with Crippen LogP contribution in [0, 0.1) is 5.92 Å². The summed E-state index contributed by atoms with van der Waals surface area (Å²) in [6, 6.07) is 14.6. The zero-order valence-electron chi connectivity index (χ0n) is 14.4. The Morgan fingerprint density at radius 1 is 1.15 bits per heavy atom. The number of aliphatic hydroxyl groups excluding tert-OH is 2. The molecule has 140 valence electrons. The molecule has 2 aromatic carbocycles. The Balaban J connectivity index is 1.49. The normalized spacial score (nSPS) is 17.4. The van der Waals surface area contributed by atoms with Crippen molar-refractivity contribution in [3.8, 4) is 0 Å². The number of carbonyl (C=O) groups is 1. The van der Waals surface area contributed by atoms with E-state index >= 15 is 0 Å². The summed E-state index contributed by atoms with van der Waals surface area (Å²) >= 11 is 7.22. The topological polar surface area (TPSA) is 82.5 Å². The largest absolute Gasteiger partial charge is 0.383 e. The maximum atomic E-state index is 12.6. The van der Waals surface area contributed by atoms with Crippen LogP contribution >= 0.6 is 22.9 Å². The predicted octanol–water partition coefficient (Wildman–Crippen LogP) is 3.61. The highest BCUT2D eigenvalue weighted by atomic mass is 35.5. The van der Waals surface area contributed by atoms with Gasteiger partial charge in [0.05, 0.1) is 16.3 Å². The Kier molecular flexibility index (Phi) is 5.14. The number of rotatable bonds is 6. The number of aliphatic hydroxyl groups is 2. The number of hydrogen-bond acceptors (Lipinski definition) is 5. The highest BCUT2D eigenvalue weighted by molar-refractivity contribution is 7.18. The lowest BCUT2D eigenvalue weighted by molar-refractivity contribution is -0.136. The molecule has 1 fully saturated rings. The third-order valence-electron chi connectivity index (χ3n) is 4.75. The van der Waals surface area contributed by atoms with Crippen molar-refractivity contribution in [2.45, 2.75) is 31.1 Å². The minimum atomic E-state index is -1.58.